The highest BCUT2D eigenvalue weighted by atomic mass is 16.5. The zero-order chi connectivity index (χ0) is 20.8. The van der Waals surface area contributed by atoms with Crippen LogP contribution in [0.4, 0.5) is 0 Å². The van der Waals surface area contributed by atoms with Crippen molar-refractivity contribution in [1.29, 1.82) is 0 Å². The van der Waals surface area contributed by atoms with Gasteiger partial charge >= 0.3 is 0 Å². The Balaban J connectivity index is 1.81. The van der Waals surface area contributed by atoms with Crippen LogP contribution in [0.3, 0.4) is 0 Å². The first-order valence-corrected chi connectivity index (χ1v) is 9.81. The van der Waals surface area contributed by atoms with Crippen molar-refractivity contribution in [2.45, 2.75) is 39.7 Å². The van der Waals surface area contributed by atoms with Gasteiger partial charge in [-0.25, -0.2) is 0 Å². The first-order chi connectivity index (χ1) is 13.7. The van der Waals surface area contributed by atoms with Gasteiger partial charge in [-0.05, 0) is 76.1 Å². The molecule has 29 heavy (non-hydrogen) atoms. The van der Waals surface area contributed by atoms with Gasteiger partial charge in [0.15, 0.2) is 0 Å². The van der Waals surface area contributed by atoms with Gasteiger partial charge in [-0.15, -0.1) is 0 Å². The summed E-state index contributed by atoms with van der Waals surface area (Å²) in [5.41, 5.74) is 5.37. The van der Waals surface area contributed by atoms with Crippen LogP contribution < -0.4 is 9.47 Å². The van der Waals surface area contributed by atoms with Gasteiger partial charge in [-0.1, -0.05) is 11.6 Å². The first kappa shape index (κ1) is 19.2. The zero-order valence-corrected chi connectivity index (χ0v) is 17.2. The number of hydrogen-bond acceptors (Lipinski definition) is 4. The van der Waals surface area contributed by atoms with Crippen molar-refractivity contribution in [3.05, 3.63) is 64.2 Å². The van der Waals surface area contributed by atoms with Crippen LogP contribution in [0.15, 0.2) is 47.6 Å². The van der Waals surface area contributed by atoms with E-state index in [4.69, 9.17) is 9.47 Å². The monoisotopic (exact) mass is 390 g/mol. The number of rotatable bonds is 3. The van der Waals surface area contributed by atoms with Crippen molar-refractivity contribution in [2.75, 3.05) is 6.61 Å². The summed E-state index contributed by atoms with van der Waals surface area (Å²) in [6.45, 7) is 8.63. The van der Waals surface area contributed by atoms with Gasteiger partial charge in [-0.2, -0.15) is 0 Å². The third-order valence-electron chi connectivity index (χ3n) is 5.41. The summed E-state index contributed by atoms with van der Waals surface area (Å²) in [5.74, 6) is 1.72. The fourth-order valence-electron chi connectivity index (χ4n) is 3.69. The summed E-state index contributed by atoms with van der Waals surface area (Å²) in [7, 11) is 0. The lowest BCUT2D eigenvalue weighted by Crippen LogP contribution is -2.33. The molecule has 0 bridgehead atoms. The van der Waals surface area contributed by atoms with E-state index in [0.29, 0.717) is 23.7 Å². The Bertz CT molecular complexity index is 1070. The number of phenols is 2. The van der Waals surface area contributed by atoms with Gasteiger partial charge in [0.25, 0.3) is 0 Å². The molecular formula is C25H26O4. The molecule has 0 saturated carbocycles. The SMILES string of the molecule is CC(C)=CCC1=Cc2c(O)ccc(C3=Cc4ccc(O)cc4OC3)c2OC1(C)C. The van der Waals surface area contributed by atoms with Gasteiger partial charge in [0.2, 0.25) is 0 Å². The molecule has 4 rings (SSSR count). The van der Waals surface area contributed by atoms with Crippen molar-refractivity contribution in [3.63, 3.8) is 0 Å². The molecule has 0 aliphatic carbocycles. The molecule has 4 heteroatoms. The first-order valence-electron chi connectivity index (χ1n) is 9.81. The molecule has 4 nitrogen and oxygen atoms in total. The second-order valence-corrected chi connectivity index (χ2v) is 8.32. The molecular weight excluding hydrogens is 364 g/mol. The summed E-state index contributed by atoms with van der Waals surface area (Å²) in [4.78, 5) is 0. The second kappa shape index (κ2) is 7.03. The van der Waals surface area contributed by atoms with E-state index in [0.717, 1.165) is 28.7 Å². The maximum absolute atomic E-state index is 10.5. The molecule has 0 radical (unpaired) electrons. The number of hydrogen-bond donors (Lipinski definition) is 2. The van der Waals surface area contributed by atoms with E-state index in [9.17, 15) is 10.2 Å². The Hall–Kier alpha value is -3.14. The Labute approximate surface area is 171 Å². The molecule has 150 valence electrons. The molecule has 2 aromatic rings. The van der Waals surface area contributed by atoms with E-state index in [-0.39, 0.29) is 11.5 Å². The fourth-order valence-corrected chi connectivity index (χ4v) is 3.69. The highest BCUT2D eigenvalue weighted by Gasteiger charge is 2.33. The third kappa shape index (κ3) is 3.63. The molecule has 0 saturated heterocycles. The summed E-state index contributed by atoms with van der Waals surface area (Å²) in [6.07, 6.45) is 7.05. The lowest BCUT2D eigenvalue weighted by molar-refractivity contribution is 0.142. The normalized spacial score (nSPS) is 16.4. The molecule has 0 atom stereocenters. The molecule has 0 unspecified atom stereocenters. The van der Waals surface area contributed by atoms with Crippen LogP contribution in [0.5, 0.6) is 23.0 Å². The molecule has 2 aromatic carbocycles. The summed E-state index contributed by atoms with van der Waals surface area (Å²) in [5, 5.41) is 20.2. The molecule has 2 aliphatic heterocycles. The molecule has 0 spiro atoms. The van der Waals surface area contributed by atoms with E-state index in [1.54, 1.807) is 18.2 Å². The number of aromatic hydroxyl groups is 2. The van der Waals surface area contributed by atoms with Crippen LogP contribution in [0.25, 0.3) is 17.7 Å². The van der Waals surface area contributed by atoms with Crippen LogP contribution in [0.2, 0.25) is 0 Å². The number of allylic oxidation sites excluding steroid dienone is 2. The minimum atomic E-state index is -0.485. The molecule has 0 aromatic heterocycles. The molecule has 0 amide bonds. The maximum Gasteiger partial charge on any atom is 0.139 e. The Morgan fingerprint density at radius 3 is 2.66 bits per heavy atom. The Morgan fingerprint density at radius 1 is 1.10 bits per heavy atom. The topological polar surface area (TPSA) is 58.9 Å². The van der Waals surface area contributed by atoms with Crippen LogP contribution in [-0.2, 0) is 0 Å². The predicted molar refractivity (Wildman–Crippen MR) is 116 cm³/mol. The second-order valence-electron chi connectivity index (χ2n) is 8.32. The highest BCUT2D eigenvalue weighted by Crippen LogP contribution is 2.46. The van der Waals surface area contributed by atoms with E-state index in [1.807, 2.05) is 24.3 Å². The number of fused-ring (bicyclic) bond motifs is 2. The largest absolute Gasteiger partial charge is 0.508 e. The minimum Gasteiger partial charge on any atom is -0.508 e. The molecule has 2 N–H and O–H groups in total. The fraction of sp³-hybridized carbons (Fsp3) is 0.280. The quantitative estimate of drug-likeness (QED) is 0.637. The van der Waals surface area contributed by atoms with E-state index in [1.165, 1.54) is 5.57 Å². The predicted octanol–water partition coefficient (Wildman–Crippen LogP) is 5.94. The van der Waals surface area contributed by atoms with Crippen molar-refractivity contribution in [2.24, 2.45) is 0 Å². The van der Waals surface area contributed by atoms with Crippen LogP contribution in [0.1, 0.15) is 50.8 Å². The molecule has 0 fully saturated rings. The Kier molecular flexibility index (Phi) is 4.65. The van der Waals surface area contributed by atoms with Gasteiger partial charge in [0.05, 0.1) is 5.56 Å². The van der Waals surface area contributed by atoms with Crippen LogP contribution in [-0.4, -0.2) is 22.4 Å². The van der Waals surface area contributed by atoms with Crippen molar-refractivity contribution >= 4 is 17.7 Å². The lowest BCUT2D eigenvalue weighted by atomic mass is 9.87. The number of ether oxygens (including phenoxy) is 2. The molecule has 2 heterocycles. The van der Waals surface area contributed by atoms with Crippen LogP contribution >= 0.6 is 0 Å². The maximum atomic E-state index is 10.5. The van der Waals surface area contributed by atoms with Gasteiger partial charge < -0.3 is 19.7 Å². The summed E-state index contributed by atoms with van der Waals surface area (Å²) in [6, 6.07) is 8.68. The average molecular weight is 390 g/mol. The van der Waals surface area contributed by atoms with Crippen molar-refractivity contribution in [3.8, 4) is 23.0 Å². The van der Waals surface area contributed by atoms with Crippen molar-refractivity contribution < 1.29 is 19.7 Å². The Morgan fingerprint density at radius 2 is 1.90 bits per heavy atom. The smallest absolute Gasteiger partial charge is 0.139 e. The average Bonchev–Trinajstić information content (AvgIpc) is 2.66. The molecule has 2 aliphatic rings. The zero-order valence-electron chi connectivity index (χ0n) is 17.2. The van der Waals surface area contributed by atoms with Crippen molar-refractivity contribution in [1.82, 2.24) is 0 Å². The number of phenolic OH excluding ortho intramolecular Hbond substituents is 2. The van der Waals surface area contributed by atoms with Crippen LogP contribution in [0, 0.1) is 0 Å². The van der Waals surface area contributed by atoms with Gasteiger partial charge in [0, 0.05) is 22.8 Å². The lowest BCUT2D eigenvalue weighted by Gasteiger charge is -2.35. The highest BCUT2D eigenvalue weighted by molar-refractivity contribution is 5.90. The number of benzene rings is 2. The van der Waals surface area contributed by atoms with E-state index < -0.39 is 5.60 Å². The van der Waals surface area contributed by atoms with E-state index >= 15 is 0 Å². The summed E-state index contributed by atoms with van der Waals surface area (Å²) >= 11 is 0. The third-order valence-corrected chi connectivity index (χ3v) is 5.41. The van der Waals surface area contributed by atoms with Gasteiger partial charge in [0.1, 0.15) is 35.2 Å². The summed E-state index contributed by atoms with van der Waals surface area (Å²) < 4.78 is 12.3. The van der Waals surface area contributed by atoms with Gasteiger partial charge in [-0.3, -0.25) is 0 Å². The standard InChI is InChI=1S/C25H26O4/c1-15(2)5-7-18-12-21-22(27)10-9-20(24(21)29-25(18,3)4)17-11-16-6-8-19(26)13-23(16)28-14-17/h5-6,8-13,26-27H,7,14H2,1-4H3. The van der Waals surface area contributed by atoms with E-state index in [2.05, 4.69) is 33.8 Å². The minimum absolute atomic E-state index is 0.182.